The van der Waals surface area contributed by atoms with E-state index in [0.717, 1.165) is 63.8 Å². The van der Waals surface area contributed by atoms with Crippen molar-refractivity contribution in [2.45, 2.75) is 39.4 Å². The molecular weight excluding hydrogens is 468 g/mol. The minimum absolute atomic E-state index is 0.0151. The highest BCUT2D eigenvalue weighted by Gasteiger charge is 2.58. The SMILES string of the molecule is Cc1cc(Cl)cc(-c2ccnc3cc(CN4C(=O)C5CC5C4=O)sc23)c1CN1CCNC(C)C1. The van der Waals surface area contributed by atoms with Gasteiger partial charge in [0.15, 0.2) is 0 Å². The summed E-state index contributed by atoms with van der Waals surface area (Å²) in [5.74, 6) is -0.169. The second-order valence-electron chi connectivity index (χ2n) is 9.84. The summed E-state index contributed by atoms with van der Waals surface area (Å²) in [6.45, 7) is 8.58. The van der Waals surface area contributed by atoms with Gasteiger partial charge in [0, 0.05) is 53.9 Å². The first-order valence-corrected chi connectivity index (χ1v) is 13.1. The summed E-state index contributed by atoms with van der Waals surface area (Å²) in [5, 5.41) is 4.24. The number of imide groups is 1. The number of piperazine rings is 1. The van der Waals surface area contributed by atoms with Crippen LogP contribution < -0.4 is 5.32 Å². The van der Waals surface area contributed by atoms with Crippen LogP contribution in [0, 0.1) is 18.8 Å². The first-order chi connectivity index (χ1) is 16.4. The minimum Gasteiger partial charge on any atom is -0.312 e. The smallest absolute Gasteiger partial charge is 0.233 e. The Morgan fingerprint density at radius 1 is 1.15 bits per heavy atom. The number of carbonyl (C=O) groups excluding carboxylic acids is 2. The molecule has 1 N–H and O–H groups in total. The second-order valence-corrected chi connectivity index (χ2v) is 11.4. The number of halogens is 1. The van der Waals surface area contributed by atoms with E-state index in [0.29, 0.717) is 12.6 Å². The van der Waals surface area contributed by atoms with Crippen LogP contribution in [0.5, 0.6) is 0 Å². The van der Waals surface area contributed by atoms with Crippen LogP contribution in [0.4, 0.5) is 0 Å². The molecule has 2 saturated heterocycles. The van der Waals surface area contributed by atoms with Crippen LogP contribution in [0.2, 0.25) is 5.02 Å². The van der Waals surface area contributed by atoms with Crippen molar-refractivity contribution in [3.8, 4) is 11.1 Å². The van der Waals surface area contributed by atoms with Gasteiger partial charge < -0.3 is 5.32 Å². The number of hydrogen-bond acceptors (Lipinski definition) is 6. The highest BCUT2D eigenvalue weighted by atomic mass is 35.5. The minimum atomic E-state index is -0.0692. The fourth-order valence-corrected chi connectivity index (χ4v) is 6.84. The predicted octanol–water partition coefficient (Wildman–Crippen LogP) is 4.22. The maximum Gasteiger partial charge on any atom is 0.233 e. The highest BCUT2D eigenvalue weighted by molar-refractivity contribution is 7.19. The monoisotopic (exact) mass is 494 g/mol. The maximum absolute atomic E-state index is 12.5. The Kier molecular flexibility index (Phi) is 5.48. The Morgan fingerprint density at radius 2 is 1.94 bits per heavy atom. The topological polar surface area (TPSA) is 65.5 Å². The number of nitrogens with zero attached hydrogens (tertiary/aromatic N) is 3. The lowest BCUT2D eigenvalue weighted by Crippen LogP contribution is -2.48. The van der Waals surface area contributed by atoms with Crippen molar-refractivity contribution in [3.05, 3.63) is 51.5 Å². The number of pyridine rings is 1. The fraction of sp³-hybridized carbons (Fsp3) is 0.423. The van der Waals surface area contributed by atoms with E-state index in [1.807, 2.05) is 18.3 Å². The Morgan fingerprint density at radius 3 is 2.71 bits per heavy atom. The third-order valence-electron chi connectivity index (χ3n) is 7.30. The van der Waals surface area contributed by atoms with Crippen molar-refractivity contribution in [2.75, 3.05) is 19.6 Å². The van der Waals surface area contributed by atoms with Gasteiger partial charge in [0.1, 0.15) is 0 Å². The molecule has 0 bridgehead atoms. The molecule has 2 amide bonds. The molecule has 4 heterocycles. The standard InChI is InChI=1S/C26H27ClN4O2S/c1-14-7-16(27)8-19(22(14)13-30-6-5-28-15(2)11-30)18-3-4-29-23-9-17(34-24(18)23)12-31-25(32)20-10-21(20)26(31)33/h3-4,7-9,15,20-21,28H,5-6,10-13H2,1-2H3. The molecule has 3 aliphatic rings. The summed E-state index contributed by atoms with van der Waals surface area (Å²) < 4.78 is 1.07. The predicted molar refractivity (Wildman–Crippen MR) is 135 cm³/mol. The van der Waals surface area contributed by atoms with Crippen molar-refractivity contribution in [1.29, 1.82) is 0 Å². The Hall–Kier alpha value is -2.32. The summed E-state index contributed by atoms with van der Waals surface area (Å²) in [5.41, 5.74) is 5.59. The lowest BCUT2D eigenvalue weighted by molar-refractivity contribution is -0.141. The number of aryl methyl sites for hydroxylation is 1. The Balaban J connectivity index is 1.37. The van der Waals surface area contributed by atoms with E-state index < -0.39 is 0 Å². The van der Waals surface area contributed by atoms with Crippen LogP contribution in [0.3, 0.4) is 0 Å². The molecule has 8 heteroatoms. The van der Waals surface area contributed by atoms with Gasteiger partial charge in [-0.2, -0.15) is 0 Å². The summed E-state index contributed by atoms with van der Waals surface area (Å²) in [6.07, 6.45) is 2.57. The summed E-state index contributed by atoms with van der Waals surface area (Å²) in [4.78, 5) is 34.4. The van der Waals surface area contributed by atoms with Crippen molar-refractivity contribution >= 4 is 45.0 Å². The number of nitrogens with one attached hydrogen (secondary N) is 1. The van der Waals surface area contributed by atoms with Crippen LogP contribution in [0.1, 0.15) is 29.3 Å². The van der Waals surface area contributed by atoms with E-state index in [1.165, 1.54) is 16.0 Å². The van der Waals surface area contributed by atoms with Gasteiger partial charge in [0.2, 0.25) is 11.8 Å². The zero-order valence-corrected chi connectivity index (χ0v) is 20.9. The third-order valence-corrected chi connectivity index (χ3v) is 8.66. The Bertz CT molecular complexity index is 1300. The number of carbonyl (C=O) groups is 2. The lowest BCUT2D eigenvalue weighted by atomic mass is 9.95. The molecule has 3 atom stereocenters. The molecule has 3 aromatic rings. The maximum atomic E-state index is 12.5. The summed E-state index contributed by atoms with van der Waals surface area (Å²) in [7, 11) is 0. The van der Waals surface area contributed by atoms with Crippen molar-refractivity contribution in [3.63, 3.8) is 0 Å². The molecule has 3 fully saturated rings. The van der Waals surface area contributed by atoms with Crippen LogP contribution >= 0.6 is 22.9 Å². The number of rotatable bonds is 5. The molecule has 3 unspecified atom stereocenters. The molecule has 6 nitrogen and oxygen atoms in total. The van der Waals surface area contributed by atoms with Gasteiger partial charge >= 0.3 is 0 Å². The Labute approximate surface area is 207 Å². The first kappa shape index (κ1) is 22.2. The van der Waals surface area contributed by atoms with Crippen LogP contribution in [-0.4, -0.2) is 52.3 Å². The third kappa shape index (κ3) is 3.85. The molecule has 0 radical (unpaired) electrons. The van der Waals surface area contributed by atoms with Crippen LogP contribution in [0.25, 0.3) is 21.3 Å². The van der Waals surface area contributed by atoms with Crippen molar-refractivity contribution < 1.29 is 9.59 Å². The first-order valence-electron chi connectivity index (χ1n) is 11.9. The second kappa shape index (κ2) is 8.41. The van der Waals surface area contributed by atoms with Crippen molar-refractivity contribution in [2.24, 2.45) is 11.8 Å². The molecule has 176 valence electrons. The van der Waals surface area contributed by atoms with Gasteiger partial charge in [-0.05, 0) is 61.2 Å². The normalized spacial score (nSPS) is 24.8. The van der Waals surface area contributed by atoms with Crippen LogP contribution in [-0.2, 0) is 22.7 Å². The van der Waals surface area contributed by atoms with E-state index in [-0.39, 0.29) is 23.7 Å². The fourth-order valence-electron chi connectivity index (χ4n) is 5.44. The van der Waals surface area contributed by atoms with Gasteiger partial charge in [-0.1, -0.05) is 11.6 Å². The van der Waals surface area contributed by atoms with Crippen molar-refractivity contribution in [1.82, 2.24) is 20.1 Å². The van der Waals surface area contributed by atoms with E-state index in [4.69, 9.17) is 11.6 Å². The summed E-state index contributed by atoms with van der Waals surface area (Å²) in [6, 6.07) is 8.65. The van der Waals surface area contributed by atoms with E-state index in [9.17, 15) is 9.59 Å². The molecule has 0 spiro atoms. The highest BCUT2D eigenvalue weighted by Crippen LogP contribution is 2.48. The molecule has 34 heavy (non-hydrogen) atoms. The zero-order valence-electron chi connectivity index (χ0n) is 19.3. The molecule has 1 aliphatic carbocycles. The number of aromatic nitrogens is 1. The van der Waals surface area contributed by atoms with E-state index in [1.54, 1.807) is 11.3 Å². The quantitative estimate of drug-likeness (QED) is 0.538. The number of benzene rings is 1. The van der Waals surface area contributed by atoms with Gasteiger partial charge in [-0.25, -0.2) is 0 Å². The van der Waals surface area contributed by atoms with E-state index >= 15 is 0 Å². The lowest BCUT2D eigenvalue weighted by Gasteiger charge is -2.33. The largest absolute Gasteiger partial charge is 0.312 e. The molecule has 1 aromatic carbocycles. The van der Waals surface area contributed by atoms with Gasteiger partial charge in [0.05, 0.1) is 28.6 Å². The van der Waals surface area contributed by atoms with E-state index in [2.05, 4.69) is 41.2 Å². The van der Waals surface area contributed by atoms with Crippen LogP contribution in [0.15, 0.2) is 30.5 Å². The number of fused-ring (bicyclic) bond motifs is 2. The molecule has 6 rings (SSSR count). The number of likely N-dealkylation sites (tertiary alicyclic amines) is 1. The summed E-state index contributed by atoms with van der Waals surface area (Å²) >= 11 is 8.16. The number of thiophene rings is 1. The van der Waals surface area contributed by atoms with Gasteiger partial charge in [-0.3, -0.25) is 24.4 Å². The molecule has 2 aliphatic heterocycles. The molecule has 1 saturated carbocycles. The zero-order chi connectivity index (χ0) is 23.6. The molecular formula is C26H27ClN4O2S. The average molecular weight is 495 g/mol. The average Bonchev–Trinajstić information content (AvgIpc) is 3.44. The number of hydrogen-bond donors (Lipinski definition) is 1. The van der Waals surface area contributed by atoms with Gasteiger partial charge in [-0.15, -0.1) is 11.3 Å². The number of amides is 2. The number of piperidine rings is 1. The molecule has 2 aromatic heterocycles. The van der Waals surface area contributed by atoms with Gasteiger partial charge in [0.25, 0.3) is 0 Å².